The minimum atomic E-state index is 0.543. The molecule has 2 fully saturated rings. The molecular weight excluding hydrogens is 182 g/mol. The van der Waals surface area contributed by atoms with E-state index in [-0.39, 0.29) is 0 Å². The summed E-state index contributed by atoms with van der Waals surface area (Å²) in [4.78, 5) is 2.74. The van der Waals surface area contributed by atoms with Gasteiger partial charge in [-0.3, -0.25) is 4.90 Å². The highest BCUT2D eigenvalue weighted by Gasteiger charge is 2.43. The van der Waals surface area contributed by atoms with Crippen molar-refractivity contribution in [2.45, 2.75) is 37.6 Å². The molecule has 2 aliphatic rings. The van der Waals surface area contributed by atoms with Gasteiger partial charge in [0.05, 0.1) is 0 Å². The fourth-order valence-electron chi connectivity index (χ4n) is 3.49. The van der Waals surface area contributed by atoms with E-state index in [0.29, 0.717) is 5.54 Å². The van der Waals surface area contributed by atoms with Crippen molar-refractivity contribution in [3.8, 4) is 0 Å². The van der Waals surface area contributed by atoms with E-state index in [1.54, 1.807) is 0 Å². The van der Waals surface area contributed by atoms with E-state index >= 15 is 0 Å². The highest BCUT2D eigenvalue weighted by molar-refractivity contribution is 5.19. The lowest BCUT2D eigenvalue weighted by Crippen LogP contribution is -2.40. The van der Waals surface area contributed by atoms with Gasteiger partial charge in [-0.15, -0.1) is 0 Å². The number of fused-ring (bicyclic) bond motifs is 1. The maximum atomic E-state index is 2.74. The van der Waals surface area contributed by atoms with Crippen molar-refractivity contribution in [3.63, 3.8) is 0 Å². The van der Waals surface area contributed by atoms with Crippen LogP contribution in [0.15, 0.2) is 30.3 Å². The van der Waals surface area contributed by atoms with Crippen LogP contribution in [-0.4, -0.2) is 23.5 Å². The van der Waals surface area contributed by atoms with Gasteiger partial charge in [0.1, 0.15) is 0 Å². The zero-order valence-electron chi connectivity index (χ0n) is 9.28. The number of hydrogen-bond donors (Lipinski definition) is 0. The Morgan fingerprint density at radius 2 is 1.67 bits per heavy atom. The van der Waals surface area contributed by atoms with Gasteiger partial charge in [0.25, 0.3) is 0 Å². The Labute approximate surface area is 92.1 Å². The Balaban J connectivity index is 1.82. The standard InChI is InChI=1S/C14H19N/c1-2-6-13(7-3-1)12-14-8-4-10-15(14)11-5-9-14/h1-3,6-7H,4-5,8-12H2. The fourth-order valence-corrected chi connectivity index (χ4v) is 3.49. The predicted molar refractivity (Wildman–Crippen MR) is 62.9 cm³/mol. The van der Waals surface area contributed by atoms with Crippen LogP contribution in [0.1, 0.15) is 31.2 Å². The lowest BCUT2D eigenvalue weighted by atomic mass is 9.87. The van der Waals surface area contributed by atoms with E-state index < -0.39 is 0 Å². The molecule has 1 heteroatoms. The quantitative estimate of drug-likeness (QED) is 0.711. The molecule has 0 atom stereocenters. The van der Waals surface area contributed by atoms with Crippen LogP contribution >= 0.6 is 0 Å². The normalized spacial score (nSPS) is 24.3. The molecule has 3 rings (SSSR count). The summed E-state index contributed by atoms with van der Waals surface area (Å²) < 4.78 is 0. The first kappa shape index (κ1) is 9.41. The molecule has 2 aliphatic heterocycles. The van der Waals surface area contributed by atoms with Gasteiger partial charge < -0.3 is 0 Å². The van der Waals surface area contributed by atoms with Gasteiger partial charge in [0.2, 0.25) is 0 Å². The number of hydrogen-bond acceptors (Lipinski definition) is 1. The highest BCUT2D eigenvalue weighted by Crippen LogP contribution is 2.41. The number of nitrogens with zero attached hydrogens (tertiary/aromatic N) is 1. The monoisotopic (exact) mass is 201 g/mol. The zero-order valence-corrected chi connectivity index (χ0v) is 9.28. The first-order chi connectivity index (χ1) is 7.39. The van der Waals surface area contributed by atoms with Gasteiger partial charge in [0, 0.05) is 5.54 Å². The van der Waals surface area contributed by atoms with Gasteiger partial charge in [-0.2, -0.15) is 0 Å². The molecule has 15 heavy (non-hydrogen) atoms. The molecule has 0 aliphatic carbocycles. The molecule has 1 nitrogen and oxygen atoms in total. The molecule has 0 amide bonds. The lowest BCUT2D eigenvalue weighted by Gasteiger charge is -2.32. The van der Waals surface area contributed by atoms with Crippen molar-refractivity contribution < 1.29 is 0 Å². The Bertz CT molecular complexity index is 320. The Morgan fingerprint density at radius 3 is 2.33 bits per heavy atom. The summed E-state index contributed by atoms with van der Waals surface area (Å²) in [5.41, 5.74) is 2.06. The van der Waals surface area contributed by atoms with Crippen molar-refractivity contribution in [2.75, 3.05) is 13.1 Å². The average Bonchev–Trinajstić information content (AvgIpc) is 2.78. The largest absolute Gasteiger partial charge is 0.297 e. The van der Waals surface area contributed by atoms with Crippen LogP contribution in [-0.2, 0) is 6.42 Å². The third-order valence-electron chi connectivity index (χ3n) is 4.19. The predicted octanol–water partition coefficient (Wildman–Crippen LogP) is 2.86. The van der Waals surface area contributed by atoms with E-state index in [0.717, 1.165) is 0 Å². The minimum Gasteiger partial charge on any atom is -0.297 e. The molecule has 1 aromatic carbocycles. The van der Waals surface area contributed by atoms with E-state index in [1.807, 2.05) is 0 Å². The van der Waals surface area contributed by atoms with E-state index in [4.69, 9.17) is 0 Å². The van der Waals surface area contributed by atoms with Crippen molar-refractivity contribution in [1.82, 2.24) is 4.90 Å². The molecule has 0 radical (unpaired) electrons. The summed E-state index contributed by atoms with van der Waals surface area (Å²) in [6.45, 7) is 2.68. The van der Waals surface area contributed by atoms with Crippen LogP contribution in [0.2, 0.25) is 0 Å². The fraction of sp³-hybridized carbons (Fsp3) is 0.571. The topological polar surface area (TPSA) is 3.24 Å². The molecule has 0 aromatic heterocycles. The summed E-state index contributed by atoms with van der Waals surface area (Å²) >= 11 is 0. The van der Waals surface area contributed by atoms with Gasteiger partial charge in [-0.05, 0) is 50.8 Å². The molecule has 80 valence electrons. The van der Waals surface area contributed by atoms with Crippen LogP contribution in [0.25, 0.3) is 0 Å². The van der Waals surface area contributed by atoms with Crippen molar-refractivity contribution >= 4 is 0 Å². The Kier molecular flexibility index (Phi) is 2.28. The number of rotatable bonds is 2. The van der Waals surface area contributed by atoms with E-state index in [1.165, 1.54) is 50.8 Å². The highest BCUT2D eigenvalue weighted by atomic mass is 15.2. The molecule has 0 spiro atoms. The van der Waals surface area contributed by atoms with Gasteiger partial charge in [-0.1, -0.05) is 30.3 Å². The summed E-state index contributed by atoms with van der Waals surface area (Å²) in [6.07, 6.45) is 6.93. The molecular formula is C14H19N. The second-order valence-corrected chi connectivity index (χ2v) is 5.08. The van der Waals surface area contributed by atoms with Crippen LogP contribution in [0.3, 0.4) is 0 Å². The summed E-state index contributed by atoms with van der Waals surface area (Å²) in [7, 11) is 0. The molecule has 0 saturated carbocycles. The molecule has 0 N–H and O–H groups in total. The maximum Gasteiger partial charge on any atom is 0.0250 e. The smallest absolute Gasteiger partial charge is 0.0250 e. The zero-order chi connectivity index (χ0) is 10.1. The molecule has 2 saturated heterocycles. The first-order valence-electron chi connectivity index (χ1n) is 6.18. The van der Waals surface area contributed by atoms with Gasteiger partial charge >= 0.3 is 0 Å². The van der Waals surface area contributed by atoms with Crippen molar-refractivity contribution in [2.24, 2.45) is 0 Å². The van der Waals surface area contributed by atoms with Gasteiger partial charge in [0.15, 0.2) is 0 Å². The van der Waals surface area contributed by atoms with Crippen LogP contribution in [0.5, 0.6) is 0 Å². The third-order valence-corrected chi connectivity index (χ3v) is 4.19. The molecule has 0 bridgehead atoms. The average molecular weight is 201 g/mol. The second-order valence-electron chi connectivity index (χ2n) is 5.08. The lowest BCUT2D eigenvalue weighted by molar-refractivity contribution is 0.195. The Hall–Kier alpha value is -0.820. The Morgan fingerprint density at radius 1 is 1.00 bits per heavy atom. The molecule has 2 heterocycles. The number of benzene rings is 1. The van der Waals surface area contributed by atoms with Crippen LogP contribution in [0, 0.1) is 0 Å². The first-order valence-corrected chi connectivity index (χ1v) is 6.18. The third kappa shape index (κ3) is 1.59. The maximum absolute atomic E-state index is 2.74. The van der Waals surface area contributed by atoms with Crippen LogP contribution in [0.4, 0.5) is 0 Å². The van der Waals surface area contributed by atoms with Crippen molar-refractivity contribution in [3.05, 3.63) is 35.9 Å². The molecule has 0 unspecified atom stereocenters. The summed E-state index contributed by atoms with van der Waals surface area (Å²) in [6, 6.07) is 11.0. The van der Waals surface area contributed by atoms with Crippen LogP contribution < -0.4 is 0 Å². The van der Waals surface area contributed by atoms with Crippen molar-refractivity contribution in [1.29, 1.82) is 0 Å². The van der Waals surface area contributed by atoms with E-state index in [9.17, 15) is 0 Å². The van der Waals surface area contributed by atoms with E-state index in [2.05, 4.69) is 35.2 Å². The van der Waals surface area contributed by atoms with Gasteiger partial charge in [-0.25, -0.2) is 0 Å². The minimum absolute atomic E-state index is 0.543. The second kappa shape index (κ2) is 3.64. The SMILES string of the molecule is c1ccc(CC23CCCN2CCC3)cc1. The molecule has 1 aromatic rings. The summed E-state index contributed by atoms with van der Waals surface area (Å²) in [5.74, 6) is 0. The summed E-state index contributed by atoms with van der Waals surface area (Å²) in [5, 5.41) is 0.